The Morgan fingerprint density at radius 1 is 0.917 bits per heavy atom. The molecule has 8 heteroatoms. The zero-order valence-corrected chi connectivity index (χ0v) is 20.7. The van der Waals surface area contributed by atoms with Crippen molar-refractivity contribution in [3.05, 3.63) is 83.4 Å². The topological polar surface area (TPSA) is 94.1 Å². The van der Waals surface area contributed by atoms with Crippen LogP contribution in [-0.2, 0) is 14.0 Å². The maximum Gasteiger partial charge on any atom is 0.496 e. The highest BCUT2D eigenvalue weighted by molar-refractivity contribution is 6.64. The molecule has 5 rings (SSSR count). The first-order valence-corrected chi connectivity index (χ1v) is 11.9. The number of rotatable bonds is 5. The van der Waals surface area contributed by atoms with Crippen molar-refractivity contribution in [3.8, 4) is 11.1 Å². The first-order chi connectivity index (χ1) is 17.1. The number of benzene rings is 3. The monoisotopic (exact) mass is 485 g/mol. The molecule has 0 unspecified atom stereocenters. The number of fused-ring (bicyclic) bond motifs is 3. The molecule has 0 atom stereocenters. The maximum absolute atomic E-state index is 12.9. The smallest absolute Gasteiger partial charge is 0.478 e. The third-order valence-electron chi connectivity index (χ3n) is 7.39. The summed E-state index contributed by atoms with van der Waals surface area (Å²) in [6.45, 7) is 7.85. The first kappa shape index (κ1) is 24.1. The molecule has 0 radical (unpaired) electrons. The lowest BCUT2D eigenvalue weighted by molar-refractivity contribution is 0.00578. The normalized spacial score (nSPS) is 17.4. The lowest BCUT2D eigenvalue weighted by atomic mass is 9.77. The van der Waals surface area contributed by atoms with Crippen LogP contribution < -0.4 is 10.8 Å². The van der Waals surface area contributed by atoms with E-state index in [0.29, 0.717) is 5.46 Å². The van der Waals surface area contributed by atoms with E-state index in [0.717, 1.165) is 22.3 Å². The van der Waals surface area contributed by atoms with Crippen molar-refractivity contribution < 1.29 is 28.7 Å². The van der Waals surface area contributed by atoms with E-state index in [1.165, 1.54) is 12.1 Å². The Kier molecular flexibility index (Phi) is 5.89. The van der Waals surface area contributed by atoms with E-state index in [-0.39, 0.29) is 23.8 Å². The molecule has 0 bridgehead atoms. The van der Waals surface area contributed by atoms with Gasteiger partial charge >= 0.3 is 19.2 Å². The van der Waals surface area contributed by atoms with Crippen molar-refractivity contribution in [2.45, 2.75) is 44.8 Å². The quantitative estimate of drug-likeness (QED) is 0.492. The Hall–Kier alpha value is -3.62. The van der Waals surface area contributed by atoms with Crippen molar-refractivity contribution in [2.24, 2.45) is 0 Å². The second kappa shape index (κ2) is 8.80. The van der Waals surface area contributed by atoms with Crippen molar-refractivity contribution in [1.29, 1.82) is 0 Å². The minimum atomic E-state index is -1.11. The Balaban J connectivity index is 1.37. The molecule has 1 fully saturated rings. The minimum Gasteiger partial charge on any atom is -0.478 e. The van der Waals surface area contributed by atoms with Crippen LogP contribution in [0.15, 0.2) is 66.7 Å². The number of hydrogen-bond acceptors (Lipinski definition) is 5. The Morgan fingerprint density at radius 2 is 1.47 bits per heavy atom. The average molecular weight is 485 g/mol. The van der Waals surface area contributed by atoms with Gasteiger partial charge in [0.15, 0.2) is 0 Å². The van der Waals surface area contributed by atoms with Gasteiger partial charge in [-0.3, -0.25) is 5.32 Å². The van der Waals surface area contributed by atoms with Gasteiger partial charge in [-0.15, -0.1) is 0 Å². The van der Waals surface area contributed by atoms with Crippen molar-refractivity contribution in [2.75, 3.05) is 11.9 Å². The van der Waals surface area contributed by atoms with E-state index in [4.69, 9.17) is 14.0 Å². The molecule has 1 amide bonds. The number of amides is 1. The van der Waals surface area contributed by atoms with Crippen LogP contribution in [0, 0.1) is 0 Å². The van der Waals surface area contributed by atoms with E-state index in [2.05, 4.69) is 17.4 Å². The minimum absolute atomic E-state index is 0.0317. The highest BCUT2D eigenvalue weighted by Crippen LogP contribution is 2.44. The summed E-state index contributed by atoms with van der Waals surface area (Å²) in [4.78, 5) is 24.5. The van der Waals surface area contributed by atoms with Crippen LogP contribution in [0.1, 0.15) is 55.1 Å². The molecule has 1 aliphatic carbocycles. The zero-order chi connectivity index (χ0) is 25.7. The lowest BCUT2D eigenvalue weighted by Crippen LogP contribution is -2.41. The van der Waals surface area contributed by atoms with Gasteiger partial charge in [0.2, 0.25) is 0 Å². The van der Waals surface area contributed by atoms with Crippen LogP contribution in [0.2, 0.25) is 0 Å². The maximum atomic E-state index is 12.9. The first-order valence-electron chi connectivity index (χ1n) is 11.9. The van der Waals surface area contributed by atoms with E-state index >= 15 is 0 Å². The van der Waals surface area contributed by atoms with Crippen LogP contribution >= 0.6 is 0 Å². The number of carboxylic acids is 1. The second-order valence-electron chi connectivity index (χ2n) is 10.1. The van der Waals surface area contributed by atoms with Gasteiger partial charge < -0.3 is 19.2 Å². The SMILES string of the molecule is CC1(C)OB(c2ccc(C(=O)O)cc2NC(=O)OCC2c3ccccc3-c3ccccc32)OC1(C)C. The van der Waals surface area contributed by atoms with Gasteiger partial charge in [-0.2, -0.15) is 0 Å². The fourth-order valence-electron chi connectivity index (χ4n) is 4.72. The summed E-state index contributed by atoms with van der Waals surface area (Å²) in [5.74, 6) is -1.19. The molecule has 184 valence electrons. The molecule has 3 aromatic carbocycles. The van der Waals surface area contributed by atoms with Crippen molar-refractivity contribution in [1.82, 2.24) is 0 Å². The number of carboxylic acid groups (broad SMARTS) is 1. The molecule has 3 aromatic rings. The summed E-state index contributed by atoms with van der Waals surface area (Å²) in [5, 5.41) is 12.2. The van der Waals surface area contributed by atoms with E-state index in [1.54, 1.807) is 6.07 Å². The predicted molar refractivity (Wildman–Crippen MR) is 138 cm³/mol. The van der Waals surface area contributed by atoms with Crippen molar-refractivity contribution >= 4 is 30.3 Å². The molecule has 36 heavy (non-hydrogen) atoms. The molecular weight excluding hydrogens is 457 g/mol. The summed E-state index contributed by atoms with van der Waals surface area (Å²) in [5.41, 5.74) is 4.13. The number of aromatic carboxylic acids is 1. The fourth-order valence-corrected chi connectivity index (χ4v) is 4.72. The molecule has 1 saturated heterocycles. The summed E-state index contributed by atoms with van der Waals surface area (Å²) in [6.07, 6.45) is -0.683. The lowest BCUT2D eigenvalue weighted by Gasteiger charge is -2.32. The largest absolute Gasteiger partial charge is 0.496 e. The Morgan fingerprint density at radius 3 is 2.03 bits per heavy atom. The number of anilines is 1. The molecule has 0 saturated carbocycles. The van der Waals surface area contributed by atoms with Crippen LogP contribution in [0.4, 0.5) is 10.5 Å². The van der Waals surface area contributed by atoms with E-state index < -0.39 is 30.4 Å². The number of hydrogen-bond donors (Lipinski definition) is 2. The molecule has 1 aliphatic heterocycles. The van der Waals surface area contributed by atoms with Gasteiger partial charge in [0.1, 0.15) is 6.61 Å². The number of ether oxygens (including phenoxy) is 1. The number of nitrogens with one attached hydrogen (secondary N) is 1. The molecule has 7 nitrogen and oxygen atoms in total. The predicted octanol–water partition coefficient (Wildman–Crippen LogP) is 5.05. The van der Waals surface area contributed by atoms with E-state index in [1.807, 2.05) is 64.1 Å². The summed E-state index contributed by atoms with van der Waals surface area (Å²) >= 11 is 0. The van der Waals surface area contributed by atoms with E-state index in [9.17, 15) is 14.7 Å². The van der Waals surface area contributed by atoms with Gasteiger partial charge in [-0.1, -0.05) is 54.6 Å². The van der Waals surface area contributed by atoms with Gasteiger partial charge in [0.05, 0.1) is 16.8 Å². The molecular formula is C28H28BNO6. The summed E-state index contributed by atoms with van der Waals surface area (Å²) < 4.78 is 17.9. The Labute approximate surface area is 210 Å². The third kappa shape index (κ3) is 4.16. The highest BCUT2D eigenvalue weighted by Gasteiger charge is 2.52. The standard InChI is InChI=1S/C28H28BNO6/c1-27(2)28(3,4)36-29(35-27)23-14-13-17(25(31)32)15-24(23)30-26(33)34-16-22-20-11-7-5-9-18(20)19-10-6-8-12-21(19)22/h5-15,22H,16H2,1-4H3,(H,30,33)(H,31,32). The number of carbonyl (C=O) groups is 2. The fraction of sp³-hybridized carbons (Fsp3) is 0.286. The van der Waals surface area contributed by atoms with Crippen LogP contribution in [-0.4, -0.2) is 42.1 Å². The van der Waals surface area contributed by atoms with Crippen molar-refractivity contribution in [3.63, 3.8) is 0 Å². The second-order valence-corrected chi connectivity index (χ2v) is 10.1. The summed E-state index contributed by atoms with van der Waals surface area (Å²) in [6, 6.07) is 20.7. The van der Waals surface area contributed by atoms with Crippen LogP contribution in [0.25, 0.3) is 11.1 Å². The zero-order valence-electron chi connectivity index (χ0n) is 20.7. The third-order valence-corrected chi connectivity index (χ3v) is 7.39. The number of carbonyl (C=O) groups excluding carboxylic acids is 1. The Bertz CT molecular complexity index is 1290. The van der Waals surface area contributed by atoms with Crippen LogP contribution in [0.5, 0.6) is 0 Å². The molecule has 2 N–H and O–H groups in total. The molecule has 0 spiro atoms. The van der Waals surface area contributed by atoms with Gasteiger partial charge in [0.25, 0.3) is 0 Å². The van der Waals surface area contributed by atoms with Gasteiger partial charge in [-0.25, -0.2) is 9.59 Å². The molecule has 2 aliphatic rings. The van der Waals surface area contributed by atoms with Gasteiger partial charge in [-0.05, 0) is 62.1 Å². The molecule has 0 aromatic heterocycles. The average Bonchev–Trinajstić information content (AvgIpc) is 3.27. The van der Waals surface area contributed by atoms with Gasteiger partial charge in [0, 0.05) is 17.1 Å². The molecule has 1 heterocycles. The highest BCUT2D eigenvalue weighted by atomic mass is 16.7. The van der Waals surface area contributed by atoms with Crippen LogP contribution in [0.3, 0.4) is 0 Å². The summed E-state index contributed by atoms with van der Waals surface area (Å²) in [7, 11) is -0.776.